The van der Waals surface area contributed by atoms with Crippen LogP contribution in [0.2, 0.25) is 5.02 Å². The number of hydrogen-bond donors (Lipinski definition) is 1. The Kier molecular flexibility index (Phi) is 8.71. The minimum atomic E-state index is -0.695. The third kappa shape index (κ3) is 6.84. The minimum Gasteiger partial charge on any atom is -0.484 e. The van der Waals surface area contributed by atoms with Gasteiger partial charge in [-0.1, -0.05) is 70.0 Å². The normalized spacial score (nSPS) is 11.5. The van der Waals surface area contributed by atoms with E-state index in [4.69, 9.17) is 16.3 Å². The summed E-state index contributed by atoms with van der Waals surface area (Å²) in [7, 11) is 1.57. The van der Waals surface area contributed by atoms with Crippen LogP contribution in [0, 0.1) is 0 Å². The molecule has 0 unspecified atom stereocenters. The second kappa shape index (κ2) is 11.7. The average molecular weight is 516 g/mol. The van der Waals surface area contributed by atoms with Crippen molar-refractivity contribution in [2.24, 2.45) is 0 Å². The third-order valence-corrected chi connectivity index (χ3v) is 5.74. The standard InChI is InChI=1S/C25H24BrClN2O3/c1-28-25(31)23(15-18-5-3-2-4-6-18)29(16-19-7-11-21(27)12-8-19)24(30)17-32-22-13-9-20(26)10-14-22/h2-14,23H,15-17H2,1H3,(H,28,31)/t23-/m1/s1. The van der Waals surface area contributed by atoms with Crippen molar-refractivity contribution in [3.63, 3.8) is 0 Å². The van der Waals surface area contributed by atoms with Crippen LogP contribution in [-0.4, -0.2) is 36.4 Å². The molecule has 0 heterocycles. The Balaban J connectivity index is 1.85. The van der Waals surface area contributed by atoms with E-state index < -0.39 is 6.04 Å². The van der Waals surface area contributed by atoms with Gasteiger partial charge in [0.25, 0.3) is 5.91 Å². The van der Waals surface area contributed by atoms with E-state index in [0.29, 0.717) is 17.2 Å². The first-order valence-electron chi connectivity index (χ1n) is 10.1. The predicted octanol–water partition coefficient (Wildman–Crippen LogP) is 4.87. The molecular weight excluding hydrogens is 492 g/mol. The fourth-order valence-corrected chi connectivity index (χ4v) is 3.66. The van der Waals surface area contributed by atoms with Gasteiger partial charge in [0, 0.05) is 29.5 Å². The van der Waals surface area contributed by atoms with Crippen molar-refractivity contribution in [2.75, 3.05) is 13.7 Å². The predicted molar refractivity (Wildman–Crippen MR) is 130 cm³/mol. The number of likely N-dealkylation sites (N-methyl/N-ethyl adjacent to an activating group) is 1. The smallest absolute Gasteiger partial charge is 0.261 e. The minimum absolute atomic E-state index is 0.183. The average Bonchev–Trinajstić information content (AvgIpc) is 2.82. The molecule has 3 rings (SSSR count). The van der Waals surface area contributed by atoms with Gasteiger partial charge in [0.2, 0.25) is 5.91 Å². The van der Waals surface area contributed by atoms with Gasteiger partial charge in [-0.15, -0.1) is 0 Å². The maximum atomic E-state index is 13.3. The summed E-state index contributed by atoms with van der Waals surface area (Å²) in [6, 6.07) is 23.4. The number of nitrogens with one attached hydrogen (secondary N) is 1. The molecule has 0 saturated heterocycles. The molecule has 0 bridgehead atoms. The molecule has 3 aromatic rings. The number of carbonyl (C=O) groups is 2. The lowest BCUT2D eigenvalue weighted by Crippen LogP contribution is -2.51. The van der Waals surface area contributed by atoms with Gasteiger partial charge in [-0.05, 0) is 47.5 Å². The van der Waals surface area contributed by atoms with Crippen LogP contribution in [0.3, 0.4) is 0 Å². The largest absolute Gasteiger partial charge is 0.484 e. The molecule has 0 saturated carbocycles. The lowest BCUT2D eigenvalue weighted by Gasteiger charge is -2.31. The number of amides is 2. The van der Waals surface area contributed by atoms with Crippen molar-refractivity contribution in [1.29, 1.82) is 0 Å². The Hall–Kier alpha value is -2.83. The van der Waals surface area contributed by atoms with Gasteiger partial charge in [-0.25, -0.2) is 0 Å². The molecule has 0 aliphatic rings. The summed E-state index contributed by atoms with van der Waals surface area (Å²) in [5, 5.41) is 3.30. The first kappa shape index (κ1) is 23.8. The molecule has 0 aliphatic carbocycles. The van der Waals surface area contributed by atoms with Crippen LogP contribution >= 0.6 is 27.5 Å². The van der Waals surface area contributed by atoms with Crippen LogP contribution in [0.15, 0.2) is 83.3 Å². The Morgan fingerprint density at radius 3 is 2.25 bits per heavy atom. The van der Waals surface area contributed by atoms with Gasteiger partial charge in [0.15, 0.2) is 6.61 Å². The first-order valence-corrected chi connectivity index (χ1v) is 11.3. The topological polar surface area (TPSA) is 58.6 Å². The van der Waals surface area contributed by atoms with Crippen molar-refractivity contribution < 1.29 is 14.3 Å². The quantitative estimate of drug-likeness (QED) is 0.442. The van der Waals surface area contributed by atoms with Gasteiger partial charge in [-0.3, -0.25) is 9.59 Å². The summed E-state index contributed by atoms with van der Waals surface area (Å²) < 4.78 is 6.63. The number of ether oxygens (including phenoxy) is 1. The lowest BCUT2D eigenvalue weighted by molar-refractivity contribution is -0.142. The fraction of sp³-hybridized carbons (Fsp3) is 0.200. The van der Waals surface area contributed by atoms with Gasteiger partial charge < -0.3 is 15.0 Å². The molecule has 1 atom stereocenters. The van der Waals surface area contributed by atoms with Crippen LogP contribution in [0.5, 0.6) is 5.75 Å². The molecule has 32 heavy (non-hydrogen) atoms. The molecular formula is C25H24BrClN2O3. The second-order valence-corrected chi connectivity index (χ2v) is 8.56. The SMILES string of the molecule is CNC(=O)[C@@H](Cc1ccccc1)N(Cc1ccc(Cl)cc1)C(=O)COc1ccc(Br)cc1. The fourth-order valence-electron chi connectivity index (χ4n) is 3.27. The summed E-state index contributed by atoms with van der Waals surface area (Å²) in [5.41, 5.74) is 1.83. The molecule has 7 heteroatoms. The van der Waals surface area contributed by atoms with Crippen molar-refractivity contribution in [1.82, 2.24) is 10.2 Å². The number of benzene rings is 3. The van der Waals surface area contributed by atoms with E-state index in [1.807, 2.05) is 54.6 Å². The summed E-state index contributed by atoms with van der Waals surface area (Å²) in [6.45, 7) is 0.0716. The van der Waals surface area contributed by atoms with Gasteiger partial charge in [0.05, 0.1) is 0 Å². The second-order valence-electron chi connectivity index (χ2n) is 7.21. The number of halogens is 2. The molecule has 3 aromatic carbocycles. The summed E-state index contributed by atoms with van der Waals surface area (Å²) in [4.78, 5) is 27.7. The van der Waals surface area contributed by atoms with Gasteiger partial charge in [0.1, 0.15) is 11.8 Å². The van der Waals surface area contributed by atoms with E-state index in [2.05, 4.69) is 21.2 Å². The van der Waals surface area contributed by atoms with Gasteiger partial charge >= 0.3 is 0 Å². The van der Waals surface area contributed by atoms with Gasteiger partial charge in [-0.2, -0.15) is 0 Å². The molecule has 0 spiro atoms. The monoisotopic (exact) mass is 514 g/mol. The highest BCUT2D eigenvalue weighted by atomic mass is 79.9. The molecule has 0 aliphatic heterocycles. The Bertz CT molecular complexity index is 1030. The summed E-state index contributed by atoms with van der Waals surface area (Å²) in [5.74, 6) is 0.0553. The summed E-state index contributed by atoms with van der Waals surface area (Å²) >= 11 is 9.39. The van der Waals surface area contributed by atoms with Crippen molar-refractivity contribution in [2.45, 2.75) is 19.0 Å². The van der Waals surface area contributed by atoms with E-state index >= 15 is 0 Å². The zero-order valence-corrected chi connectivity index (χ0v) is 20.0. The van der Waals surface area contributed by atoms with Crippen LogP contribution in [-0.2, 0) is 22.6 Å². The molecule has 0 aromatic heterocycles. The maximum absolute atomic E-state index is 13.3. The van der Waals surface area contributed by atoms with Crippen molar-refractivity contribution in [3.05, 3.63) is 99.5 Å². The van der Waals surface area contributed by atoms with Crippen LogP contribution in [0.4, 0.5) is 0 Å². The summed E-state index contributed by atoms with van der Waals surface area (Å²) in [6.07, 6.45) is 0.387. The highest BCUT2D eigenvalue weighted by Gasteiger charge is 2.30. The lowest BCUT2D eigenvalue weighted by atomic mass is 10.0. The maximum Gasteiger partial charge on any atom is 0.261 e. The molecule has 166 valence electrons. The Morgan fingerprint density at radius 1 is 0.969 bits per heavy atom. The number of carbonyl (C=O) groups excluding carboxylic acids is 2. The zero-order chi connectivity index (χ0) is 22.9. The molecule has 5 nitrogen and oxygen atoms in total. The molecule has 1 N–H and O–H groups in total. The van der Waals surface area contributed by atoms with E-state index in [1.54, 1.807) is 36.2 Å². The van der Waals surface area contributed by atoms with Crippen LogP contribution in [0.25, 0.3) is 0 Å². The Morgan fingerprint density at radius 2 is 1.62 bits per heavy atom. The van der Waals surface area contributed by atoms with E-state index in [1.165, 1.54) is 0 Å². The first-order chi connectivity index (χ1) is 15.5. The number of hydrogen-bond acceptors (Lipinski definition) is 3. The zero-order valence-electron chi connectivity index (χ0n) is 17.6. The Labute approximate surface area is 201 Å². The number of rotatable bonds is 9. The highest BCUT2D eigenvalue weighted by molar-refractivity contribution is 9.10. The van der Waals surface area contributed by atoms with Crippen LogP contribution < -0.4 is 10.1 Å². The molecule has 0 radical (unpaired) electrons. The number of nitrogens with zero attached hydrogens (tertiary/aromatic N) is 1. The van der Waals surface area contributed by atoms with Crippen molar-refractivity contribution >= 4 is 39.3 Å². The van der Waals surface area contributed by atoms with Crippen LogP contribution in [0.1, 0.15) is 11.1 Å². The third-order valence-electron chi connectivity index (χ3n) is 4.96. The molecule has 2 amide bonds. The van der Waals surface area contributed by atoms with E-state index in [9.17, 15) is 9.59 Å². The van der Waals surface area contributed by atoms with E-state index in [0.717, 1.165) is 15.6 Å². The molecule has 0 fully saturated rings. The highest BCUT2D eigenvalue weighted by Crippen LogP contribution is 2.19. The van der Waals surface area contributed by atoms with E-state index in [-0.39, 0.29) is 25.0 Å². The van der Waals surface area contributed by atoms with Crippen molar-refractivity contribution in [3.8, 4) is 5.75 Å².